The molecule has 0 bridgehead atoms. The zero-order valence-corrected chi connectivity index (χ0v) is 16.5. The van der Waals surface area contributed by atoms with E-state index in [1.165, 1.54) is 0 Å². The van der Waals surface area contributed by atoms with E-state index in [4.69, 9.17) is 25.7 Å². The molecule has 1 fully saturated rings. The summed E-state index contributed by atoms with van der Waals surface area (Å²) in [5.41, 5.74) is 13.3. The van der Waals surface area contributed by atoms with Crippen molar-refractivity contribution in [2.24, 2.45) is 21.5 Å². The molecule has 0 spiro atoms. The number of hydrogen-bond donors (Lipinski definition) is 3. The third-order valence-corrected chi connectivity index (χ3v) is 4.29. The van der Waals surface area contributed by atoms with Gasteiger partial charge in [0, 0.05) is 37.5 Å². The van der Waals surface area contributed by atoms with Gasteiger partial charge in [-0.3, -0.25) is 0 Å². The van der Waals surface area contributed by atoms with E-state index in [9.17, 15) is 0 Å². The number of pyridine rings is 1. The van der Waals surface area contributed by atoms with Crippen LogP contribution in [0, 0.1) is 0 Å². The Hall–Kier alpha value is -3.37. The van der Waals surface area contributed by atoms with Gasteiger partial charge in [0.1, 0.15) is 17.2 Å². The highest BCUT2D eigenvalue weighted by Gasteiger charge is 2.19. The molecule has 0 saturated carbocycles. The second kappa shape index (κ2) is 9.71. The lowest BCUT2D eigenvalue weighted by atomic mass is 10.2. The summed E-state index contributed by atoms with van der Waals surface area (Å²) in [6.45, 7) is 2.88. The number of rotatable bonds is 5. The lowest BCUT2D eigenvalue weighted by Crippen LogP contribution is -2.85. The van der Waals surface area contributed by atoms with E-state index in [1.807, 2.05) is 24.3 Å². The Morgan fingerprint density at radius 2 is 1.90 bits per heavy atom. The highest BCUT2D eigenvalue weighted by atomic mass is 16.5. The minimum Gasteiger partial charge on any atom is -0.494 e. The monoisotopic (exact) mass is 400 g/mol. The third kappa shape index (κ3) is 5.33. The topological polar surface area (TPSA) is 137 Å². The molecule has 0 atom stereocenters. The molecule has 10 nitrogen and oxygen atoms in total. The fraction of sp³-hybridized carbons (Fsp3) is 0.316. The van der Waals surface area contributed by atoms with Gasteiger partial charge in [-0.05, 0) is 6.07 Å². The summed E-state index contributed by atoms with van der Waals surface area (Å²) in [5.74, 6) is 2.08. The van der Waals surface area contributed by atoms with Crippen LogP contribution in [0.25, 0.3) is 0 Å². The molecule has 2 heterocycles. The summed E-state index contributed by atoms with van der Waals surface area (Å²) < 4.78 is 16.5. The Balaban J connectivity index is 1.85. The number of nitrogens with two attached hydrogens (primary N) is 3. The Kier molecular flexibility index (Phi) is 6.82. The number of methoxy groups -OCH3 is 2. The molecule has 2 aromatic rings. The van der Waals surface area contributed by atoms with Gasteiger partial charge in [0.05, 0.1) is 33.1 Å². The number of ether oxygens (including phenoxy) is 3. The number of aromatic nitrogens is 1. The molecule has 6 N–H and O–H groups in total. The van der Waals surface area contributed by atoms with Crippen LogP contribution in [-0.4, -0.2) is 57.4 Å². The van der Waals surface area contributed by atoms with Gasteiger partial charge in [0.2, 0.25) is 11.8 Å². The molecule has 1 aliphatic heterocycles. The molecular formula is C19H26N7O3+. The average molecular weight is 400 g/mol. The van der Waals surface area contributed by atoms with E-state index in [2.05, 4.69) is 19.9 Å². The number of quaternary nitrogens is 1. The summed E-state index contributed by atoms with van der Waals surface area (Å²) in [6, 6.07) is 9.14. The molecular weight excluding hydrogens is 374 g/mol. The summed E-state index contributed by atoms with van der Waals surface area (Å²) in [6.07, 6.45) is 1.67. The van der Waals surface area contributed by atoms with E-state index in [-0.39, 0.29) is 11.9 Å². The van der Waals surface area contributed by atoms with E-state index < -0.39 is 0 Å². The largest absolute Gasteiger partial charge is 0.494 e. The summed E-state index contributed by atoms with van der Waals surface area (Å²) in [4.78, 5) is 14.8. The molecule has 1 aliphatic rings. The highest BCUT2D eigenvalue weighted by Crippen LogP contribution is 2.40. The number of hydrogen-bond acceptors (Lipinski definition) is 6. The second-order valence-corrected chi connectivity index (χ2v) is 6.20. The molecule has 0 amide bonds. The number of guanidine groups is 2. The molecule has 29 heavy (non-hydrogen) atoms. The zero-order valence-electron chi connectivity index (χ0n) is 16.5. The Bertz CT molecular complexity index is 881. The van der Waals surface area contributed by atoms with Crippen LogP contribution in [0.1, 0.15) is 0 Å². The van der Waals surface area contributed by atoms with Crippen LogP contribution in [0.15, 0.2) is 46.5 Å². The standard InChI is InChI=1S/C19H25N7O3/c1-27-15-12-14(26-7-9-29-10-8-26)16(28-2)11-13(15)23-18(20)25-19(21)24-17-5-3-4-6-22-17/h3-6,11-12H,7-10H2,1-2H3,(H5,20,21,22,23,24,25)/p+1. The van der Waals surface area contributed by atoms with Crippen molar-refractivity contribution in [1.29, 1.82) is 0 Å². The van der Waals surface area contributed by atoms with E-state index in [1.54, 1.807) is 31.8 Å². The first-order chi connectivity index (χ1) is 14.1. The number of benzene rings is 1. The van der Waals surface area contributed by atoms with Crippen LogP contribution < -0.4 is 31.2 Å². The summed E-state index contributed by atoms with van der Waals surface area (Å²) in [5, 5.41) is 1.61. The van der Waals surface area contributed by atoms with Gasteiger partial charge in [0.25, 0.3) is 0 Å². The summed E-state index contributed by atoms with van der Waals surface area (Å²) in [7, 11) is 3.19. The van der Waals surface area contributed by atoms with E-state index >= 15 is 0 Å². The molecule has 1 aromatic carbocycles. The molecule has 0 radical (unpaired) electrons. The van der Waals surface area contributed by atoms with Crippen LogP contribution >= 0.6 is 0 Å². The number of nitrogens with zero attached hydrogens (tertiary/aromatic N) is 4. The Morgan fingerprint density at radius 3 is 2.55 bits per heavy atom. The van der Waals surface area contributed by atoms with Crippen molar-refractivity contribution < 1.29 is 19.5 Å². The Morgan fingerprint density at radius 1 is 1.14 bits per heavy atom. The van der Waals surface area contributed by atoms with Gasteiger partial charge in [-0.15, -0.1) is 4.99 Å². The maximum atomic E-state index is 5.98. The summed E-state index contributed by atoms with van der Waals surface area (Å²) >= 11 is 0. The third-order valence-electron chi connectivity index (χ3n) is 4.29. The molecule has 3 rings (SSSR count). The smallest absolute Gasteiger partial charge is 0.306 e. The molecule has 0 unspecified atom stereocenters. The van der Waals surface area contributed by atoms with Crippen LogP contribution in [0.5, 0.6) is 11.5 Å². The predicted octanol–water partition coefficient (Wildman–Crippen LogP) is 0.0914. The minimum atomic E-state index is -0.00541. The van der Waals surface area contributed by atoms with Gasteiger partial charge in [-0.1, -0.05) is 6.07 Å². The van der Waals surface area contributed by atoms with Crippen LogP contribution in [0.4, 0.5) is 17.2 Å². The van der Waals surface area contributed by atoms with Crippen LogP contribution in [0.2, 0.25) is 0 Å². The quantitative estimate of drug-likeness (QED) is 0.478. The van der Waals surface area contributed by atoms with E-state index in [0.717, 1.165) is 18.8 Å². The van der Waals surface area contributed by atoms with Crippen molar-refractivity contribution >= 4 is 29.1 Å². The fourth-order valence-electron chi connectivity index (χ4n) is 2.93. The molecule has 154 valence electrons. The zero-order chi connectivity index (χ0) is 20.6. The molecule has 0 aliphatic carbocycles. The van der Waals surface area contributed by atoms with Gasteiger partial charge >= 0.3 is 5.96 Å². The minimum absolute atomic E-state index is 0.00541. The van der Waals surface area contributed by atoms with E-state index in [0.29, 0.717) is 36.2 Å². The second-order valence-electron chi connectivity index (χ2n) is 6.20. The number of anilines is 1. The first-order valence-electron chi connectivity index (χ1n) is 9.13. The van der Waals surface area contributed by atoms with Crippen molar-refractivity contribution in [3.63, 3.8) is 0 Å². The fourth-order valence-corrected chi connectivity index (χ4v) is 2.93. The van der Waals surface area contributed by atoms with Gasteiger partial charge in [-0.25, -0.2) is 15.3 Å². The normalized spacial score (nSPS) is 15.3. The van der Waals surface area contributed by atoms with Crippen molar-refractivity contribution in [2.75, 3.05) is 45.4 Å². The lowest BCUT2D eigenvalue weighted by Gasteiger charge is -2.30. The SMILES string of the molecule is COc1cc(N2CCOCC2)c(OC)cc1N=C(N)N=C(N)[NH2+]c1ccccn1. The highest BCUT2D eigenvalue weighted by molar-refractivity contribution is 5.92. The first-order valence-corrected chi connectivity index (χ1v) is 9.13. The number of aliphatic imine (C=N–C) groups is 2. The van der Waals surface area contributed by atoms with Crippen molar-refractivity contribution in [1.82, 2.24) is 4.98 Å². The molecule has 10 heteroatoms. The maximum absolute atomic E-state index is 5.98. The van der Waals surface area contributed by atoms with Crippen LogP contribution in [0.3, 0.4) is 0 Å². The number of morpholine rings is 1. The Labute approximate surface area is 169 Å². The van der Waals surface area contributed by atoms with Crippen molar-refractivity contribution in [2.45, 2.75) is 0 Å². The van der Waals surface area contributed by atoms with Crippen LogP contribution in [-0.2, 0) is 4.74 Å². The maximum Gasteiger partial charge on any atom is 0.306 e. The average Bonchev–Trinajstić information content (AvgIpc) is 2.74. The first kappa shape index (κ1) is 20.4. The van der Waals surface area contributed by atoms with Crippen molar-refractivity contribution in [3.05, 3.63) is 36.5 Å². The van der Waals surface area contributed by atoms with Gasteiger partial charge in [0.15, 0.2) is 0 Å². The molecule has 1 saturated heterocycles. The van der Waals surface area contributed by atoms with Gasteiger partial charge < -0.3 is 30.6 Å². The molecule has 1 aromatic heterocycles. The van der Waals surface area contributed by atoms with Crippen molar-refractivity contribution in [3.8, 4) is 11.5 Å². The van der Waals surface area contributed by atoms with Gasteiger partial charge in [-0.2, -0.15) is 0 Å². The lowest BCUT2D eigenvalue weighted by molar-refractivity contribution is -0.450. The predicted molar refractivity (Wildman–Crippen MR) is 111 cm³/mol.